The van der Waals surface area contributed by atoms with Crippen LogP contribution in [0, 0.1) is 0 Å². The Kier molecular flexibility index (Phi) is 4.65. The van der Waals surface area contributed by atoms with Crippen LogP contribution in [0.2, 0.25) is 0 Å². The van der Waals surface area contributed by atoms with Crippen LogP contribution in [0.3, 0.4) is 0 Å². The molecule has 1 aliphatic rings. The quantitative estimate of drug-likeness (QED) is 0.806. The molecule has 2 aromatic heterocycles. The number of likely N-dealkylation sites (N-methyl/N-ethyl adjacent to an activating group) is 1. The number of hydrogen-bond acceptors (Lipinski definition) is 6. The molecule has 1 saturated heterocycles. The van der Waals surface area contributed by atoms with Gasteiger partial charge in [-0.3, -0.25) is 9.58 Å². The Morgan fingerprint density at radius 2 is 1.91 bits per heavy atom. The lowest BCUT2D eigenvalue weighted by atomic mass is 10.3. The van der Waals surface area contributed by atoms with E-state index < -0.39 is 0 Å². The van der Waals surface area contributed by atoms with E-state index in [0.29, 0.717) is 5.88 Å². The van der Waals surface area contributed by atoms with Crippen molar-refractivity contribution in [3.8, 4) is 17.3 Å². The summed E-state index contributed by atoms with van der Waals surface area (Å²) in [6.45, 7) is 6.36. The molecule has 118 valence electrons. The van der Waals surface area contributed by atoms with Crippen LogP contribution in [-0.4, -0.2) is 76.7 Å². The molecule has 0 N–H and O–H groups in total. The third-order valence-corrected chi connectivity index (χ3v) is 3.97. The number of hydrogen-bond donors (Lipinski definition) is 0. The zero-order valence-corrected chi connectivity index (χ0v) is 13.1. The summed E-state index contributed by atoms with van der Waals surface area (Å²) in [6, 6.07) is 5.64. The van der Waals surface area contributed by atoms with Crippen molar-refractivity contribution in [2.75, 3.05) is 46.9 Å². The molecule has 7 heteroatoms. The van der Waals surface area contributed by atoms with Gasteiger partial charge in [-0.1, -0.05) is 11.3 Å². The maximum atomic E-state index is 5.14. The minimum absolute atomic E-state index is 0.587. The normalized spacial score (nSPS) is 16.8. The summed E-state index contributed by atoms with van der Waals surface area (Å²) in [5.41, 5.74) is 1.56. The van der Waals surface area contributed by atoms with Crippen molar-refractivity contribution < 1.29 is 4.74 Å². The summed E-state index contributed by atoms with van der Waals surface area (Å²) in [4.78, 5) is 9.20. The Hall–Kier alpha value is -1.99. The average Bonchev–Trinajstić information content (AvgIpc) is 3.03. The van der Waals surface area contributed by atoms with Gasteiger partial charge in [-0.25, -0.2) is 4.98 Å². The molecule has 0 aromatic carbocycles. The minimum Gasteiger partial charge on any atom is -0.481 e. The van der Waals surface area contributed by atoms with Crippen LogP contribution in [-0.2, 0) is 6.54 Å². The van der Waals surface area contributed by atoms with Crippen LogP contribution in [0.15, 0.2) is 24.4 Å². The molecular formula is C15H22N6O. The fourth-order valence-corrected chi connectivity index (χ4v) is 2.51. The molecule has 0 atom stereocenters. The lowest BCUT2D eigenvalue weighted by Gasteiger charge is -2.32. The Morgan fingerprint density at radius 1 is 1.09 bits per heavy atom. The number of piperazine rings is 1. The van der Waals surface area contributed by atoms with Gasteiger partial charge in [-0.05, 0) is 13.1 Å². The van der Waals surface area contributed by atoms with Crippen molar-refractivity contribution >= 4 is 0 Å². The molecule has 22 heavy (non-hydrogen) atoms. The number of rotatable bonds is 5. The van der Waals surface area contributed by atoms with Crippen LogP contribution < -0.4 is 4.74 Å². The van der Waals surface area contributed by atoms with E-state index in [0.717, 1.165) is 50.7 Å². The first-order valence-electron chi connectivity index (χ1n) is 7.57. The average molecular weight is 302 g/mol. The van der Waals surface area contributed by atoms with Crippen molar-refractivity contribution in [2.45, 2.75) is 6.54 Å². The molecule has 1 fully saturated rings. The number of nitrogens with zero attached hydrogens (tertiary/aromatic N) is 6. The first-order valence-corrected chi connectivity index (χ1v) is 7.57. The van der Waals surface area contributed by atoms with Crippen LogP contribution >= 0.6 is 0 Å². The Labute approximate surface area is 130 Å². The first kappa shape index (κ1) is 14.9. The number of ether oxygens (including phenoxy) is 1. The molecule has 0 aliphatic carbocycles. The third kappa shape index (κ3) is 3.61. The van der Waals surface area contributed by atoms with Gasteiger partial charge in [0.25, 0.3) is 0 Å². The fourth-order valence-electron chi connectivity index (χ4n) is 2.51. The Bertz CT molecular complexity index is 606. The van der Waals surface area contributed by atoms with Crippen molar-refractivity contribution in [3.05, 3.63) is 24.4 Å². The van der Waals surface area contributed by atoms with Gasteiger partial charge in [-0.2, -0.15) is 0 Å². The maximum Gasteiger partial charge on any atom is 0.213 e. The fraction of sp³-hybridized carbons (Fsp3) is 0.533. The maximum absolute atomic E-state index is 5.14. The summed E-state index contributed by atoms with van der Waals surface area (Å²) in [5, 5.41) is 8.40. The lowest BCUT2D eigenvalue weighted by molar-refractivity contribution is 0.148. The molecule has 3 rings (SSSR count). The molecule has 0 saturated carbocycles. The first-order chi connectivity index (χ1) is 10.7. The highest BCUT2D eigenvalue weighted by atomic mass is 16.5. The summed E-state index contributed by atoms with van der Waals surface area (Å²) in [6.07, 6.45) is 1.94. The van der Waals surface area contributed by atoms with Gasteiger partial charge in [0, 0.05) is 38.8 Å². The van der Waals surface area contributed by atoms with E-state index in [9.17, 15) is 0 Å². The van der Waals surface area contributed by atoms with Gasteiger partial charge in [0.15, 0.2) is 0 Å². The third-order valence-electron chi connectivity index (χ3n) is 3.97. The highest BCUT2D eigenvalue weighted by Gasteiger charge is 2.14. The van der Waals surface area contributed by atoms with E-state index in [2.05, 4.69) is 32.1 Å². The smallest absolute Gasteiger partial charge is 0.213 e. The molecule has 0 radical (unpaired) electrons. The van der Waals surface area contributed by atoms with Gasteiger partial charge < -0.3 is 9.64 Å². The Balaban J connectivity index is 1.59. The van der Waals surface area contributed by atoms with Crippen LogP contribution in [0.4, 0.5) is 0 Å². The van der Waals surface area contributed by atoms with E-state index in [1.807, 2.05) is 29.1 Å². The predicted molar refractivity (Wildman–Crippen MR) is 83.7 cm³/mol. The topological polar surface area (TPSA) is 59.3 Å². The van der Waals surface area contributed by atoms with Crippen molar-refractivity contribution in [1.29, 1.82) is 0 Å². The van der Waals surface area contributed by atoms with E-state index in [4.69, 9.17) is 4.74 Å². The molecule has 0 amide bonds. The van der Waals surface area contributed by atoms with Gasteiger partial charge in [0.05, 0.1) is 25.5 Å². The zero-order chi connectivity index (χ0) is 15.4. The molecule has 2 aromatic rings. The lowest BCUT2D eigenvalue weighted by Crippen LogP contribution is -2.45. The van der Waals surface area contributed by atoms with Gasteiger partial charge in [0.2, 0.25) is 5.88 Å². The molecule has 3 heterocycles. The van der Waals surface area contributed by atoms with E-state index in [1.165, 1.54) is 0 Å². The highest BCUT2D eigenvalue weighted by molar-refractivity contribution is 5.52. The summed E-state index contributed by atoms with van der Waals surface area (Å²) < 4.78 is 7.03. The molecular weight excluding hydrogens is 280 g/mol. The zero-order valence-electron chi connectivity index (χ0n) is 13.1. The second kappa shape index (κ2) is 6.85. The van der Waals surface area contributed by atoms with Gasteiger partial charge in [-0.15, -0.1) is 5.10 Å². The van der Waals surface area contributed by atoms with Crippen LogP contribution in [0.1, 0.15) is 0 Å². The summed E-state index contributed by atoms with van der Waals surface area (Å²) in [7, 11) is 3.78. The SMILES string of the molecule is COc1cccc(-c2cn(CCN3CCN(C)CC3)nn2)n1. The molecule has 0 unspecified atom stereocenters. The number of pyridine rings is 1. The Morgan fingerprint density at radius 3 is 2.68 bits per heavy atom. The molecule has 1 aliphatic heterocycles. The summed E-state index contributed by atoms with van der Waals surface area (Å²) >= 11 is 0. The van der Waals surface area contributed by atoms with Crippen molar-refractivity contribution in [1.82, 2.24) is 29.8 Å². The van der Waals surface area contributed by atoms with Crippen LogP contribution in [0.25, 0.3) is 11.4 Å². The second-order valence-electron chi connectivity index (χ2n) is 5.58. The molecule has 0 spiro atoms. The molecule has 0 bridgehead atoms. The monoisotopic (exact) mass is 302 g/mol. The van der Waals surface area contributed by atoms with E-state index in [-0.39, 0.29) is 0 Å². The highest BCUT2D eigenvalue weighted by Crippen LogP contribution is 2.16. The molecule has 7 nitrogen and oxygen atoms in total. The largest absolute Gasteiger partial charge is 0.481 e. The second-order valence-corrected chi connectivity index (χ2v) is 5.58. The van der Waals surface area contributed by atoms with Gasteiger partial charge in [0.1, 0.15) is 5.69 Å². The predicted octanol–water partition coefficient (Wildman–Crippen LogP) is 0.596. The van der Waals surface area contributed by atoms with Gasteiger partial charge >= 0.3 is 0 Å². The van der Waals surface area contributed by atoms with E-state index >= 15 is 0 Å². The van der Waals surface area contributed by atoms with Crippen molar-refractivity contribution in [2.24, 2.45) is 0 Å². The summed E-state index contributed by atoms with van der Waals surface area (Å²) in [5.74, 6) is 0.587. The number of methoxy groups -OCH3 is 1. The van der Waals surface area contributed by atoms with Crippen molar-refractivity contribution in [3.63, 3.8) is 0 Å². The van der Waals surface area contributed by atoms with E-state index in [1.54, 1.807) is 7.11 Å². The van der Waals surface area contributed by atoms with Crippen LogP contribution in [0.5, 0.6) is 5.88 Å². The minimum atomic E-state index is 0.587. The number of aromatic nitrogens is 4. The standard InChI is InChI=1S/C15H22N6O/c1-19-6-8-20(9-7-19)10-11-21-12-14(17-18-21)13-4-3-5-15(16-13)22-2/h3-5,12H,6-11H2,1-2H3.